The maximum Gasteiger partial charge on any atom is 0.267 e. The van der Waals surface area contributed by atoms with Crippen LogP contribution in [0.4, 0.5) is 5.69 Å². The van der Waals surface area contributed by atoms with Crippen LogP contribution in [0.5, 0.6) is 0 Å². The van der Waals surface area contributed by atoms with Gasteiger partial charge >= 0.3 is 0 Å². The first-order chi connectivity index (χ1) is 16.0. The van der Waals surface area contributed by atoms with E-state index in [-0.39, 0.29) is 17.2 Å². The highest BCUT2D eigenvalue weighted by Gasteiger charge is 2.19. The van der Waals surface area contributed by atoms with E-state index >= 15 is 0 Å². The van der Waals surface area contributed by atoms with Crippen LogP contribution in [0.15, 0.2) is 82.7 Å². The highest BCUT2D eigenvalue weighted by Crippen LogP contribution is 2.24. The van der Waals surface area contributed by atoms with E-state index in [4.69, 9.17) is 0 Å². The first-order valence-electron chi connectivity index (χ1n) is 10.5. The Labute approximate surface area is 194 Å². The predicted molar refractivity (Wildman–Crippen MR) is 131 cm³/mol. The van der Waals surface area contributed by atoms with E-state index in [1.54, 1.807) is 10.6 Å². The molecule has 3 aromatic carbocycles. The van der Waals surface area contributed by atoms with Crippen molar-refractivity contribution in [2.24, 2.45) is 0 Å². The fraction of sp³-hybridized carbons (Fsp3) is 0.120. The van der Waals surface area contributed by atoms with E-state index in [1.807, 2.05) is 85.0 Å². The number of nitrogens with zero attached hydrogens (tertiary/aromatic N) is 4. The molecule has 0 radical (unpaired) electrons. The first-order valence-corrected chi connectivity index (χ1v) is 11.5. The number of para-hydroxylation sites is 2. The number of aryl methyl sites for hydroxylation is 2. The average molecular weight is 456 g/mol. The molecule has 1 N–H and O–H groups in total. The van der Waals surface area contributed by atoms with Gasteiger partial charge in [-0.15, -0.1) is 10.2 Å². The molecule has 33 heavy (non-hydrogen) atoms. The summed E-state index contributed by atoms with van der Waals surface area (Å²) in [5.41, 5.74) is 4.12. The smallest absolute Gasteiger partial charge is 0.267 e. The number of thioether (sulfide) groups is 1. The number of hydrogen-bond donors (Lipinski definition) is 1. The van der Waals surface area contributed by atoms with E-state index in [9.17, 15) is 9.59 Å². The minimum Gasteiger partial charge on any atom is -0.325 e. The van der Waals surface area contributed by atoms with Crippen molar-refractivity contribution in [3.63, 3.8) is 0 Å². The number of amides is 1. The normalized spacial score (nSPS) is 11.2. The molecule has 0 saturated heterocycles. The second kappa shape index (κ2) is 8.55. The number of fused-ring (bicyclic) bond motifs is 3. The number of nitrogens with one attached hydrogen (secondary N) is 1. The van der Waals surface area contributed by atoms with Crippen LogP contribution in [-0.2, 0) is 4.79 Å². The molecule has 164 valence electrons. The summed E-state index contributed by atoms with van der Waals surface area (Å²) < 4.78 is 3.42. The average Bonchev–Trinajstić information content (AvgIpc) is 3.24. The summed E-state index contributed by atoms with van der Waals surface area (Å²) in [4.78, 5) is 25.9. The number of carbonyl (C=O) groups is 1. The monoisotopic (exact) mass is 455 g/mol. The molecule has 2 heterocycles. The van der Waals surface area contributed by atoms with Crippen LogP contribution in [0, 0.1) is 13.8 Å². The number of anilines is 1. The lowest BCUT2D eigenvalue weighted by Gasteiger charge is -2.13. The molecule has 8 heteroatoms. The summed E-state index contributed by atoms with van der Waals surface area (Å²) in [7, 11) is 0. The van der Waals surface area contributed by atoms with E-state index in [0.717, 1.165) is 22.5 Å². The zero-order valence-electron chi connectivity index (χ0n) is 18.1. The van der Waals surface area contributed by atoms with Gasteiger partial charge in [0.2, 0.25) is 11.7 Å². The van der Waals surface area contributed by atoms with Crippen LogP contribution in [-0.4, -0.2) is 30.8 Å². The molecule has 2 aromatic heterocycles. The number of rotatable bonds is 5. The summed E-state index contributed by atoms with van der Waals surface area (Å²) in [6, 6.07) is 22.7. The molecular formula is C25H21N5O2S. The van der Waals surface area contributed by atoms with Gasteiger partial charge in [-0.2, -0.15) is 0 Å². The van der Waals surface area contributed by atoms with Gasteiger partial charge in [-0.05, 0) is 49.7 Å². The number of aromatic nitrogens is 4. The van der Waals surface area contributed by atoms with E-state index < -0.39 is 0 Å². The number of hydrogen-bond acceptors (Lipinski definition) is 5. The third kappa shape index (κ3) is 3.89. The Kier molecular flexibility index (Phi) is 5.43. The van der Waals surface area contributed by atoms with Crippen molar-refractivity contribution in [2.45, 2.75) is 19.0 Å². The zero-order chi connectivity index (χ0) is 22.9. The number of benzene rings is 3. The van der Waals surface area contributed by atoms with E-state index in [0.29, 0.717) is 21.8 Å². The summed E-state index contributed by atoms with van der Waals surface area (Å²) in [5, 5.41) is 12.7. The third-order valence-electron chi connectivity index (χ3n) is 5.42. The number of carbonyl (C=O) groups excluding carboxylic acids is 1. The molecule has 1 amide bonds. The highest BCUT2D eigenvalue weighted by atomic mass is 32.2. The fourth-order valence-electron chi connectivity index (χ4n) is 3.77. The van der Waals surface area contributed by atoms with Crippen molar-refractivity contribution in [1.29, 1.82) is 0 Å². The molecule has 0 atom stereocenters. The van der Waals surface area contributed by atoms with Crippen LogP contribution >= 0.6 is 11.8 Å². The molecule has 5 rings (SSSR count). The molecule has 0 aliphatic rings. The van der Waals surface area contributed by atoms with Crippen LogP contribution in [0.3, 0.4) is 0 Å². The molecule has 0 saturated carbocycles. The molecule has 0 aliphatic carbocycles. The molecule has 0 aliphatic heterocycles. The molecule has 0 spiro atoms. The summed E-state index contributed by atoms with van der Waals surface area (Å²) in [6.45, 7) is 3.95. The lowest BCUT2D eigenvalue weighted by atomic mass is 10.2. The quantitative estimate of drug-likeness (QED) is 0.398. The Morgan fingerprint density at radius 2 is 1.67 bits per heavy atom. The minimum absolute atomic E-state index is 0.142. The molecular weight excluding hydrogens is 434 g/mol. The van der Waals surface area contributed by atoms with E-state index in [1.165, 1.54) is 11.8 Å². The maximum absolute atomic E-state index is 13.4. The van der Waals surface area contributed by atoms with Crippen molar-refractivity contribution in [1.82, 2.24) is 19.2 Å². The highest BCUT2D eigenvalue weighted by molar-refractivity contribution is 7.99. The topological polar surface area (TPSA) is 81.3 Å². The molecule has 7 nitrogen and oxygen atoms in total. The summed E-state index contributed by atoms with van der Waals surface area (Å²) in [6.07, 6.45) is 0. The lowest BCUT2D eigenvalue weighted by molar-refractivity contribution is -0.113. The third-order valence-corrected chi connectivity index (χ3v) is 6.35. The van der Waals surface area contributed by atoms with Crippen molar-refractivity contribution in [3.8, 4) is 5.69 Å². The standard InChI is InChI=1S/C25H21N5O2S/c1-16-11-13-18(14-12-16)26-22(31)15-33-25-28-27-24-29(20-9-5-3-7-17(20)2)23(32)19-8-4-6-10-21(19)30(24)25/h3-14H,15H2,1-2H3,(H,26,31). The van der Waals surface area contributed by atoms with Gasteiger partial charge in [0.15, 0.2) is 5.16 Å². The second-order valence-corrected chi connectivity index (χ2v) is 8.71. The van der Waals surface area contributed by atoms with Crippen molar-refractivity contribution in [3.05, 3.63) is 94.3 Å². The SMILES string of the molecule is Cc1ccc(NC(=O)CSc2nnc3n(-c4ccccc4C)c(=O)c4ccccc4n23)cc1. The van der Waals surface area contributed by atoms with Gasteiger partial charge in [0.05, 0.1) is 22.3 Å². The Bertz CT molecular complexity index is 1550. The van der Waals surface area contributed by atoms with Crippen LogP contribution in [0.1, 0.15) is 11.1 Å². The van der Waals surface area contributed by atoms with Gasteiger partial charge in [-0.3, -0.25) is 14.0 Å². The van der Waals surface area contributed by atoms with Gasteiger partial charge in [0.25, 0.3) is 5.56 Å². The van der Waals surface area contributed by atoms with Gasteiger partial charge in [-0.25, -0.2) is 4.57 Å². The summed E-state index contributed by atoms with van der Waals surface area (Å²) in [5.74, 6) is 0.429. The van der Waals surface area contributed by atoms with Crippen molar-refractivity contribution in [2.75, 3.05) is 11.1 Å². The first kappa shape index (κ1) is 21.0. The summed E-state index contributed by atoms with van der Waals surface area (Å²) >= 11 is 1.28. The Hall–Kier alpha value is -3.91. The van der Waals surface area contributed by atoms with Gasteiger partial charge in [-0.1, -0.05) is 59.8 Å². The lowest BCUT2D eigenvalue weighted by Crippen LogP contribution is -2.22. The minimum atomic E-state index is -0.159. The van der Waals surface area contributed by atoms with E-state index in [2.05, 4.69) is 15.5 Å². The molecule has 0 bridgehead atoms. The second-order valence-electron chi connectivity index (χ2n) is 7.77. The van der Waals surface area contributed by atoms with Crippen molar-refractivity contribution < 1.29 is 4.79 Å². The predicted octanol–water partition coefficient (Wildman–Crippen LogP) is 4.38. The Balaban J connectivity index is 1.56. The zero-order valence-corrected chi connectivity index (χ0v) is 19.0. The van der Waals surface area contributed by atoms with Crippen LogP contribution in [0.2, 0.25) is 0 Å². The van der Waals surface area contributed by atoms with Gasteiger partial charge in [0, 0.05) is 5.69 Å². The molecule has 0 unspecified atom stereocenters. The van der Waals surface area contributed by atoms with Gasteiger partial charge < -0.3 is 5.32 Å². The fourth-order valence-corrected chi connectivity index (χ4v) is 4.51. The van der Waals surface area contributed by atoms with Gasteiger partial charge in [0.1, 0.15) is 0 Å². The Morgan fingerprint density at radius 1 is 0.939 bits per heavy atom. The largest absolute Gasteiger partial charge is 0.325 e. The van der Waals surface area contributed by atoms with Crippen LogP contribution in [0.25, 0.3) is 22.4 Å². The Morgan fingerprint density at radius 3 is 2.45 bits per heavy atom. The van der Waals surface area contributed by atoms with Crippen LogP contribution < -0.4 is 10.9 Å². The van der Waals surface area contributed by atoms with Crippen molar-refractivity contribution >= 4 is 40.0 Å². The maximum atomic E-state index is 13.4. The molecule has 5 aromatic rings. The molecule has 0 fully saturated rings.